The molecule has 2 heterocycles. The van der Waals surface area contributed by atoms with Crippen molar-refractivity contribution in [1.29, 1.82) is 0 Å². The van der Waals surface area contributed by atoms with Crippen LogP contribution >= 0.6 is 0 Å². The predicted molar refractivity (Wildman–Crippen MR) is 84.0 cm³/mol. The van der Waals surface area contributed by atoms with Crippen LogP contribution in [0.3, 0.4) is 0 Å². The number of nitrogens with one attached hydrogen (secondary N) is 1. The van der Waals surface area contributed by atoms with Gasteiger partial charge in [-0.3, -0.25) is 4.90 Å². The summed E-state index contributed by atoms with van der Waals surface area (Å²) in [5.41, 5.74) is 0. The van der Waals surface area contributed by atoms with E-state index >= 15 is 0 Å². The van der Waals surface area contributed by atoms with Crippen LogP contribution in [0.2, 0.25) is 0 Å². The van der Waals surface area contributed by atoms with Gasteiger partial charge < -0.3 is 9.88 Å². The fourth-order valence-corrected chi connectivity index (χ4v) is 3.80. The Bertz CT molecular complexity index is 424. The third-order valence-corrected chi connectivity index (χ3v) is 5.05. The van der Waals surface area contributed by atoms with Gasteiger partial charge in [0.05, 0.1) is 6.54 Å². The Morgan fingerprint density at radius 3 is 2.95 bits per heavy atom. The van der Waals surface area contributed by atoms with Crippen molar-refractivity contribution >= 4 is 0 Å². The van der Waals surface area contributed by atoms with Crippen LogP contribution in [0.15, 0.2) is 6.33 Å². The van der Waals surface area contributed by atoms with E-state index in [0.717, 1.165) is 44.5 Å². The van der Waals surface area contributed by atoms with E-state index in [9.17, 15) is 0 Å². The minimum Gasteiger partial charge on any atom is -0.315 e. The van der Waals surface area contributed by atoms with Gasteiger partial charge >= 0.3 is 0 Å². The average molecular weight is 291 g/mol. The molecule has 1 N–H and O–H groups in total. The van der Waals surface area contributed by atoms with Crippen LogP contribution in [-0.2, 0) is 13.1 Å². The molecule has 0 spiro atoms. The molecule has 1 fully saturated rings. The molecule has 3 rings (SSSR count). The highest BCUT2D eigenvalue weighted by Crippen LogP contribution is 2.27. The maximum atomic E-state index is 4.24. The lowest BCUT2D eigenvalue weighted by Gasteiger charge is -2.36. The quantitative estimate of drug-likeness (QED) is 0.871. The Balaban J connectivity index is 1.58. The van der Waals surface area contributed by atoms with Crippen LogP contribution < -0.4 is 5.32 Å². The SMILES string of the molecule is CCCNC(CN1CCn2cnnc2C1)C1CCCCC1. The fourth-order valence-electron chi connectivity index (χ4n) is 3.80. The molecule has 0 aromatic carbocycles. The second-order valence-corrected chi connectivity index (χ2v) is 6.63. The largest absolute Gasteiger partial charge is 0.315 e. The number of aromatic nitrogens is 3. The Morgan fingerprint density at radius 2 is 2.14 bits per heavy atom. The molecule has 118 valence electrons. The summed E-state index contributed by atoms with van der Waals surface area (Å²) in [6.07, 6.45) is 10.2. The number of hydrogen-bond acceptors (Lipinski definition) is 4. The topological polar surface area (TPSA) is 46.0 Å². The molecule has 0 radical (unpaired) electrons. The first kappa shape index (κ1) is 15.0. The van der Waals surface area contributed by atoms with Crippen molar-refractivity contribution in [3.05, 3.63) is 12.2 Å². The molecule has 1 atom stereocenters. The third-order valence-electron chi connectivity index (χ3n) is 5.05. The van der Waals surface area contributed by atoms with Crippen molar-refractivity contribution in [2.75, 3.05) is 19.6 Å². The Hall–Kier alpha value is -0.940. The lowest BCUT2D eigenvalue weighted by atomic mass is 9.83. The molecule has 21 heavy (non-hydrogen) atoms. The first-order valence-corrected chi connectivity index (χ1v) is 8.69. The molecule has 1 aromatic heterocycles. The second-order valence-electron chi connectivity index (χ2n) is 6.63. The van der Waals surface area contributed by atoms with E-state index in [-0.39, 0.29) is 0 Å². The third kappa shape index (κ3) is 3.83. The maximum absolute atomic E-state index is 4.24. The van der Waals surface area contributed by atoms with Gasteiger partial charge in [0.25, 0.3) is 0 Å². The summed E-state index contributed by atoms with van der Waals surface area (Å²) in [7, 11) is 0. The minimum atomic E-state index is 0.653. The van der Waals surface area contributed by atoms with Crippen molar-refractivity contribution < 1.29 is 0 Å². The highest BCUT2D eigenvalue weighted by molar-refractivity contribution is 4.92. The summed E-state index contributed by atoms with van der Waals surface area (Å²) >= 11 is 0. The van der Waals surface area contributed by atoms with Gasteiger partial charge in [0.15, 0.2) is 0 Å². The molecule has 1 saturated carbocycles. The highest BCUT2D eigenvalue weighted by Gasteiger charge is 2.27. The van der Waals surface area contributed by atoms with Crippen molar-refractivity contribution in [3.63, 3.8) is 0 Å². The van der Waals surface area contributed by atoms with Gasteiger partial charge in [-0.2, -0.15) is 0 Å². The first-order valence-electron chi connectivity index (χ1n) is 8.69. The van der Waals surface area contributed by atoms with Crippen LogP contribution in [0.5, 0.6) is 0 Å². The normalized spacial score (nSPS) is 22.1. The molecule has 0 bridgehead atoms. The molecule has 2 aliphatic rings. The van der Waals surface area contributed by atoms with Crippen LogP contribution in [0, 0.1) is 5.92 Å². The smallest absolute Gasteiger partial charge is 0.147 e. The Labute approximate surface area is 128 Å². The molecule has 5 nitrogen and oxygen atoms in total. The number of fused-ring (bicyclic) bond motifs is 1. The summed E-state index contributed by atoms with van der Waals surface area (Å²) in [5, 5.41) is 12.1. The number of hydrogen-bond donors (Lipinski definition) is 1. The zero-order valence-electron chi connectivity index (χ0n) is 13.3. The van der Waals surface area contributed by atoms with E-state index in [4.69, 9.17) is 0 Å². The van der Waals surface area contributed by atoms with E-state index in [1.165, 1.54) is 38.5 Å². The van der Waals surface area contributed by atoms with Gasteiger partial charge in [-0.1, -0.05) is 26.2 Å². The van der Waals surface area contributed by atoms with Gasteiger partial charge in [0.1, 0.15) is 12.2 Å². The lowest BCUT2D eigenvalue weighted by molar-refractivity contribution is 0.155. The zero-order valence-corrected chi connectivity index (χ0v) is 13.3. The van der Waals surface area contributed by atoms with E-state index in [1.807, 2.05) is 6.33 Å². The van der Waals surface area contributed by atoms with E-state index in [1.54, 1.807) is 0 Å². The average Bonchev–Trinajstić information content (AvgIpc) is 3.00. The predicted octanol–water partition coefficient (Wildman–Crippen LogP) is 2.04. The molecule has 1 aliphatic carbocycles. The summed E-state index contributed by atoms with van der Waals surface area (Å²) in [4.78, 5) is 2.56. The minimum absolute atomic E-state index is 0.653. The van der Waals surface area contributed by atoms with Gasteiger partial charge in [-0.15, -0.1) is 10.2 Å². The fraction of sp³-hybridized carbons (Fsp3) is 0.875. The monoisotopic (exact) mass is 291 g/mol. The maximum Gasteiger partial charge on any atom is 0.147 e. The van der Waals surface area contributed by atoms with E-state index in [0.29, 0.717) is 6.04 Å². The van der Waals surface area contributed by atoms with Crippen LogP contribution in [0.1, 0.15) is 51.3 Å². The Morgan fingerprint density at radius 1 is 1.29 bits per heavy atom. The van der Waals surface area contributed by atoms with E-state index in [2.05, 4.69) is 31.9 Å². The summed E-state index contributed by atoms with van der Waals surface area (Å²) in [5.74, 6) is 1.99. The molecule has 1 aliphatic heterocycles. The Kier molecular flexibility index (Phi) is 5.25. The van der Waals surface area contributed by atoms with Crippen molar-refractivity contribution in [2.45, 2.75) is 64.6 Å². The van der Waals surface area contributed by atoms with Crippen molar-refractivity contribution in [3.8, 4) is 0 Å². The van der Waals surface area contributed by atoms with Crippen LogP contribution in [0.4, 0.5) is 0 Å². The number of nitrogens with zero attached hydrogens (tertiary/aromatic N) is 4. The molecule has 5 heteroatoms. The summed E-state index contributed by atoms with van der Waals surface area (Å²) in [6.45, 7) is 7.68. The van der Waals surface area contributed by atoms with Crippen molar-refractivity contribution in [2.24, 2.45) is 5.92 Å². The van der Waals surface area contributed by atoms with Crippen molar-refractivity contribution in [1.82, 2.24) is 25.0 Å². The van der Waals surface area contributed by atoms with Crippen LogP contribution in [0.25, 0.3) is 0 Å². The second kappa shape index (κ2) is 7.36. The standard InChI is InChI=1S/C16H29N5/c1-2-8-17-15(14-6-4-3-5-7-14)11-20-9-10-21-13-18-19-16(21)12-20/h13-15,17H,2-12H2,1H3. The molecule has 1 aromatic rings. The molecular formula is C16H29N5. The molecule has 1 unspecified atom stereocenters. The van der Waals surface area contributed by atoms with Crippen LogP contribution in [-0.4, -0.2) is 45.3 Å². The molecule has 0 saturated heterocycles. The zero-order chi connectivity index (χ0) is 14.5. The molecule has 0 amide bonds. The number of rotatable bonds is 6. The highest BCUT2D eigenvalue weighted by atomic mass is 15.3. The van der Waals surface area contributed by atoms with E-state index < -0.39 is 0 Å². The molecular weight excluding hydrogens is 262 g/mol. The van der Waals surface area contributed by atoms with Gasteiger partial charge in [-0.05, 0) is 31.7 Å². The lowest BCUT2D eigenvalue weighted by Crippen LogP contribution is -2.48. The summed E-state index contributed by atoms with van der Waals surface area (Å²) < 4.78 is 2.19. The first-order chi connectivity index (χ1) is 10.4. The van der Waals surface area contributed by atoms with Gasteiger partial charge in [-0.25, -0.2) is 0 Å². The summed E-state index contributed by atoms with van der Waals surface area (Å²) in [6, 6.07) is 0.653. The van der Waals surface area contributed by atoms with Gasteiger partial charge in [0.2, 0.25) is 0 Å². The van der Waals surface area contributed by atoms with Gasteiger partial charge in [0, 0.05) is 25.7 Å².